The van der Waals surface area contributed by atoms with E-state index < -0.39 is 28.7 Å². The first-order valence-electron chi connectivity index (χ1n) is 10.6. The van der Waals surface area contributed by atoms with E-state index in [1.807, 2.05) is 6.07 Å². The van der Waals surface area contributed by atoms with E-state index in [-0.39, 0.29) is 22.4 Å². The second kappa shape index (κ2) is 7.70. The maximum Gasteiger partial charge on any atom is 0.237 e. The van der Waals surface area contributed by atoms with Gasteiger partial charge in [0.05, 0.1) is 11.1 Å². The molecule has 3 aliphatic heterocycles. The lowest BCUT2D eigenvalue weighted by atomic mass is 9.56. The highest BCUT2D eigenvalue weighted by atomic mass is 35.5. The molecule has 2 aromatic carbocycles. The van der Waals surface area contributed by atoms with Gasteiger partial charge >= 0.3 is 0 Å². The fourth-order valence-electron chi connectivity index (χ4n) is 6.07. The highest BCUT2D eigenvalue weighted by Gasteiger charge is 2.72. The molecule has 0 bridgehead atoms. The van der Waals surface area contributed by atoms with Crippen LogP contribution in [-0.4, -0.2) is 43.5 Å². The van der Waals surface area contributed by atoms with Crippen LogP contribution in [0.15, 0.2) is 36.4 Å². The molecule has 2 spiro atoms. The van der Waals surface area contributed by atoms with Crippen LogP contribution in [0.3, 0.4) is 0 Å². The third kappa shape index (κ3) is 2.78. The molecule has 2 amide bonds. The Labute approximate surface area is 195 Å². The van der Waals surface area contributed by atoms with Gasteiger partial charge in [-0.3, -0.25) is 14.9 Å². The molecule has 2 fully saturated rings. The van der Waals surface area contributed by atoms with Crippen molar-refractivity contribution < 1.29 is 14.0 Å². The van der Waals surface area contributed by atoms with E-state index in [4.69, 9.17) is 23.2 Å². The number of halogens is 3. The Hall–Kier alpha value is -2.19. The molecule has 2 saturated heterocycles. The minimum Gasteiger partial charge on any atom is -0.358 e. The molecule has 2 aromatic rings. The van der Waals surface area contributed by atoms with Gasteiger partial charge in [0.15, 0.2) is 0 Å². The number of carbonyl (C=O) groups is 2. The van der Waals surface area contributed by atoms with Crippen molar-refractivity contribution in [3.05, 3.63) is 63.4 Å². The molecule has 168 valence electrons. The van der Waals surface area contributed by atoms with E-state index in [1.165, 1.54) is 13.1 Å². The Morgan fingerprint density at radius 2 is 1.94 bits per heavy atom. The lowest BCUT2D eigenvalue weighted by molar-refractivity contribution is -0.124. The van der Waals surface area contributed by atoms with Gasteiger partial charge in [-0.05, 0) is 55.3 Å². The van der Waals surface area contributed by atoms with E-state index in [2.05, 4.69) is 21.3 Å². The predicted molar refractivity (Wildman–Crippen MR) is 122 cm³/mol. The number of benzene rings is 2. The van der Waals surface area contributed by atoms with Gasteiger partial charge in [-0.1, -0.05) is 41.4 Å². The molecule has 32 heavy (non-hydrogen) atoms. The maximum absolute atomic E-state index is 15.5. The Morgan fingerprint density at radius 3 is 2.66 bits per heavy atom. The molecular formula is C23H23Cl2FN4O2. The predicted octanol–water partition coefficient (Wildman–Crippen LogP) is 2.95. The van der Waals surface area contributed by atoms with Gasteiger partial charge in [0.2, 0.25) is 11.8 Å². The molecule has 4 N–H and O–H groups in total. The summed E-state index contributed by atoms with van der Waals surface area (Å²) in [5, 5.41) is 13.0. The summed E-state index contributed by atoms with van der Waals surface area (Å²) in [6.45, 7) is 1.33. The number of rotatable bonds is 2. The van der Waals surface area contributed by atoms with Crippen molar-refractivity contribution in [1.29, 1.82) is 0 Å². The minimum absolute atomic E-state index is 0.0469. The summed E-state index contributed by atoms with van der Waals surface area (Å²) in [4.78, 5) is 27.1. The Balaban J connectivity index is 1.85. The van der Waals surface area contributed by atoms with Gasteiger partial charge in [0.1, 0.15) is 11.2 Å². The van der Waals surface area contributed by atoms with Crippen LogP contribution in [0, 0.1) is 5.82 Å². The largest absolute Gasteiger partial charge is 0.358 e. The molecule has 1 unspecified atom stereocenters. The van der Waals surface area contributed by atoms with Gasteiger partial charge in [0.25, 0.3) is 0 Å². The molecule has 0 aliphatic carbocycles. The first-order valence-corrected chi connectivity index (χ1v) is 11.4. The van der Waals surface area contributed by atoms with Gasteiger partial charge in [-0.15, -0.1) is 0 Å². The van der Waals surface area contributed by atoms with Crippen molar-refractivity contribution in [2.75, 3.05) is 25.5 Å². The summed E-state index contributed by atoms with van der Waals surface area (Å²) in [7, 11) is 1.54. The third-order valence-corrected chi connectivity index (χ3v) is 7.83. The third-order valence-electron chi connectivity index (χ3n) is 7.30. The van der Waals surface area contributed by atoms with Gasteiger partial charge in [0, 0.05) is 29.2 Å². The van der Waals surface area contributed by atoms with Gasteiger partial charge < -0.3 is 16.0 Å². The van der Waals surface area contributed by atoms with Crippen LogP contribution in [0.1, 0.15) is 29.9 Å². The van der Waals surface area contributed by atoms with Crippen LogP contribution in [0.5, 0.6) is 0 Å². The highest BCUT2D eigenvalue weighted by molar-refractivity contribution is 6.31. The van der Waals surface area contributed by atoms with Crippen molar-refractivity contribution in [2.45, 2.75) is 35.8 Å². The summed E-state index contributed by atoms with van der Waals surface area (Å²) in [6, 6.07) is 9.16. The van der Waals surface area contributed by atoms with Crippen LogP contribution in [0.25, 0.3) is 0 Å². The average Bonchev–Trinajstić information content (AvgIpc) is 3.23. The van der Waals surface area contributed by atoms with Gasteiger partial charge in [-0.25, -0.2) is 4.39 Å². The Bertz CT molecular complexity index is 1120. The lowest BCUT2D eigenvalue weighted by Gasteiger charge is -2.47. The normalized spacial score (nSPS) is 28.1. The van der Waals surface area contributed by atoms with Crippen LogP contribution < -0.4 is 21.3 Å². The number of anilines is 1. The highest BCUT2D eigenvalue weighted by Crippen LogP contribution is 2.61. The average molecular weight is 477 g/mol. The molecule has 0 saturated carbocycles. The summed E-state index contributed by atoms with van der Waals surface area (Å²) in [5.41, 5.74) is -0.438. The van der Waals surface area contributed by atoms with Crippen LogP contribution in [0.2, 0.25) is 10.0 Å². The van der Waals surface area contributed by atoms with Crippen LogP contribution in [0.4, 0.5) is 10.1 Å². The smallest absolute Gasteiger partial charge is 0.237 e. The quantitative estimate of drug-likeness (QED) is 0.536. The van der Waals surface area contributed by atoms with E-state index in [0.717, 1.165) is 5.56 Å². The zero-order valence-electron chi connectivity index (χ0n) is 17.4. The molecule has 3 atom stereocenters. The molecule has 6 nitrogen and oxygen atoms in total. The van der Waals surface area contributed by atoms with Gasteiger partial charge in [-0.2, -0.15) is 0 Å². The fraction of sp³-hybridized carbons (Fsp3) is 0.391. The van der Waals surface area contributed by atoms with E-state index in [1.54, 1.807) is 24.3 Å². The summed E-state index contributed by atoms with van der Waals surface area (Å²) >= 11 is 12.4. The van der Waals surface area contributed by atoms with Crippen molar-refractivity contribution >= 4 is 40.7 Å². The molecule has 9 heteroatoms. The standard InChI is InChI=1S/C23H23Cl2FN4O2/c1-27-20(31)19-17(13-3-2-4-15(25)18(13)26)23(22(30-19)7-9-28-10-8-22)14-6-5-12(24)11-16(14)29-21(23)32/h2-6,11,17,19,28,30H,7-10H2,1H3,(H,27,31)(H,29,32)/t17-,19?,23-/m0/s1. The molecule has 3 heterocycles. The van der Waals surface area contributed by atoms with Crippen molar-refractivity contribution in [3.63, 3.8) is 0 Å². The summed E-state index contributed by atoms with van der Waals surface area (Å²) in [5.74, 6) is -2.00. The SMILES string of the molecule is CNC(=O)C1NC2(CCNCC2)[C@]2(C(=O)Nc3cc(Cl)ccc32)[C@H]1c1cccc(Cl)c1F. The van der Waals surface area contributed by atoms with E-state index >= 15 is 4.39 Å². The van der Waals surface area contributed by atoms with Crippen LogP contribution in [-0.2, 0) is 15.0 Å². The number of likely N-dealkylation sites (N-methyl/N-ethyl adjacent to an activating group) is 1. The Morgan fingerprint density at radius 1 is 1.19 bits per heavy atom. The number of carbonyl (C=O) groups excluding carboxylic acids is 2. The summed E-state index contributed by atoms with van der Waals surface area (Å²) < 4.78 is 15.5. The first-order chi connectivity index (χ1) is 15.4. The summed E-state index contributed by atoms with van der Waals surface area (Å²) in [6.07, 6.45) is 1.18. The number of nitrogens with one attached hydrogen (secondary N) is 4. The second-order valence-electron chi connectivity index (χ2n) is 8.64. The van der Waals surface area contributed by atoms with E-state index in [9.17, 15) is 9.59 Å². The monoisotopic (exact) mass is 476 g/mol. The second-order valence-corrected chi connectivity index (χ2v) is 9.48. The molecular weight excluding hydrogens is 454 g/mol. The van der Waals surface area contributed by atoms with Crippen molar-refractivity contribution in [1.82, 2.24) is 16.0 Å². The zero-order valence-corrected chi connectivity index (χ0v) is 18.9. The molecule has 5 rings (SSSR count). The number of hydrogen-bond acceptors (Lipinski definition) is 4. The minimum atomic E-state index is -1.22. The van der Waals surface area contributed by atoms with Crippen LogP contribution >= 0.6 is 23.2 Å². The molecule has 0 aromatic heterocycles. The first kappa shape index (κ1) is 21.6. The Kier molecular flexibility index (Phi) is 5.21. The lowest BCUT2D eigenvalue weighted by Crippen LogP contribution is -2.63. The number of hydrogen-bond donors (Lipinski definition) is 4. The molecule has 3 aliphatic rings. The fourth-order valence-corrected chi connectivity index (χ4v) is 6.43. The van der Waals surface area contributed by atoms with Crippen molar-refractivity contribution in [2.24, 2.45) is 0 Å². The molecule has 0 radical (unpaired) electrons. The maximum atomic E-state index is 15.5. The van der Waals surface area contributed by atoms with Crippen molar-refractivity contribution in [3.8, 4) is 0 Å². The topological polar surface area (TPSA) is 82.3 Å². The van der Waals surface area contributed by atoms with E-state index in [0.29, 0.717) is 36.6 Å². The zero-order chi connectivity index (χ0) is 22.7. The number of piperidine rings is 1. The number of amides is 2. The number of fused-ring (bicyclic) bond motifs is 3.